The first-order valence-corrected chi connectivity index (χ1v) is 8.31. The number of hydrogen-bond donors (Lipinski definition) is 1. The number of urea groups is 1. The largest absolute Gasteiger partial charge is 0.372 e. The van der Waals surface area contributed by atoms with E-state index in [1.165, 1.54) is 4.90 Å². The molecule has 0 aliphatic carbocycles. The van der Waals surface area contributed by atoms with Gasteiger partial charge in [-0.15, -0.1) is 0 Å². The highest BCUT2D eigenvalue weighted by Crippen LogP contribution is 2.45. The fraction of sp³-hybridized carbons (Fsp3) is 0.143. The molecule has 130 valence electrons. The topological polar surface area (TPSA) is 60.9 Å². The average Bonchev–Trinajstić information content (AvgIpc) is 2.89. The first kappa shape index (κ1) is 16.3. The molecule has 3 amide bonds. The lowest BCUT2D eigenvalue weighted by molar-refractivity contribution is -0.131. The predicted molar refractivity (Wildman–Crippen MR) is 100.0 cm³/mol. The van der Waals surface area contributed by atoms with Crippen LogP contribution in [0.4, 0.5) is 10.5 Å². The van der Waals surface area contributed by atoms with E-state index in [-0.39, 0.29) is 0 Å². The van der Waals surface area contributed by atoms with E-state index in [1.807, 2.05) is 30.3 Å². The van der Waals surface area contributed by atoms with Gasteiger partial charge in [-0.05, 0) is 28.5 Å². The molecule has 1 aliphatic rings. The van der Waals surface area contributed by atoms with Crippen LogP contribution in [0.25, 0.3) is 10.8 Å². The number of amides is 3. The van der Waals surface area contributed by atoms with Crippen LogP contribution < -0.4 is 4.90 Å². The van der Waals surface area contributed by atoms with E-state index in [1.54, 1.807) is 50.5 Å². The summed E-state index contributed by atoms with van der Waals surface area (Å²) in [6.07, 6.45) is 0. The number of anilines is 1. The molecule has 0 saturated heterocycles. The van der Waals surface area contributed by atoms with Crippen LogP contribution in [0, 0.1) is 0 Å². The summed E-state index contributed by atoms with van der Waals surface area (Å²) in [6, 6.07) is 19.5. The molecule has 1 unspecified atom stereocenters. The first-order chi connectivity index (χ1) is 12.4. The summed E-state index contributed by atoms with van der Waals surface area (Å²) >= 11 is 0. The number of aliphatic hydroxyl groups is 1. The Morgan fingerprint density at radius 1 is 0.962 bits per heavy atom. The molecular formula is C21H18N2O3. The van der Waals surface area contributed by atoms with Crippen LogP contribution in [-0.2, 0) is 10.4 Å². The molecule has 1 N–H and O–H groups in total. The van der Waals surface area contributed by atoms with Gasteiger partial charge in [0.1, 0.15) is 0 Å². The van der Waals surface area contributed by atoms with Crippen LogP contribution in [0.2, 0.25) is 0 Å². The number of imide groups is 1. The molecule has 0 aromatic heterocycles. The standard InChI is InChI=1S/C21H18N2O3/c1-22(2)20(25)23-18-10-6-5-9-17(18)21(26,19(23)24)16-12-11-14-7-3-4-8-15(14)13-16/h3-13,26H,1-2H3. The molecule has 5 nitrogen and oxygen atoms in total. The van der Waals surface area contributed by atoms with E-state index in [0.29, 0.717) is 16.8 Å². The average molecular weight is 346 g/mol. The minimum Gasteiger partial charge on any atom is -0.372 e. The summed E-state index contributed by atoms with van der Waals surface area (Å²) < 4.78 is 0. The molecule has 0 spiro atoms. The Bertz CT molecular complexity index is 1040. The zero-order chi connectivity index (χ0) is 18.5. The Balaban J connectivity index is 1.94. The lowest BCUT2D eigenvalue weighted by atomic mass is 9.86. The molecule has 1 heterocycles. The van der Waals surface area contributed by atoms with Gasteiger partial charge in [0.25, 0.3) is 5.91 Å². The van der Waals surface area contributed by atoms with Crippen molar-refractivity contribution in [2.24, 2.45) is 0 Å². The maximum absolute atomic E-state index is 13.2. The number of hydrogen-bond acceptors (Lipinski definition) is 3. The lowest BCUT2D eigenvalue weighted by Gasteiger charge is -2.24. The number of rotatable bonds is 1. The Hall–Kier alpha value is -3.18. The van der Waals surface area contributed by atoms with Crippen LogP contribution in [0.1, 0.15) is 11.1 Å². The zero-order valence-electron chi connectivity index (χ0n) is 14.5. The quantitative estimate of drug-likeness (QED) is 0.736. The summed E-state index contributed by atoms with van der Waals surface area (Å²) in [7, 11) is 3.15. The van der Waals surface area contributed by atoms with Crippen LogP contribution in [-0.4, -0.2) is 36.0 Å². The highest BCUT2D eigenvalue weighted by atomic mass is 16.3. The summed E-state index contributed by atoms with van der Waals surface area (Å²) in [5.41, 5.74) is -0.628. The number of para-hydroxylation sites is 1. The molecule has 26 heavy (non-hydrogen) atoms. The molecular weight excluding hydrogens is 328 g/mol. The van der Waals surface area contributed by atoms with Crippen molar-refractivity contribution in [3.05, 3.63) is 77.9 Å². The second-order valence-corrected chi connectivity index (χ2v) is 6.61. The zero-order valence-corrected chi connectivity index (χ0v) is 14.5. The molecule has 1 atom stereocenters. The molecule has 3 aromatic rings. The monoisotopic (exact) mass is 346 g/mol. The van der Waals surface area contributed by atoms with E-state index in [2.05, 4.69) is 0 Å². The Labute approximate surface area is 151 Å². The van der Waals surface area contributed by atoms with Crippen molar-refractivity contribution >= 4 is 28.4 Å². The third-order valence-corrected chi connectivity index (χ3v) is 4.79. The summed E-state index contributed by atoms with van der Waals surface area (Å²) in [6.45, 7) is 0. The van der Waals surface area contributed by atoms with Crippen molar-refractivity contribution in [1.82, 2.24) is 4.90 Å². The molecule has 0 bridgehead atoms. The van der Waals surface area contributed by atoms with E-state index < -0.39 is 17.5 Å². The Morgan fingerprint density at radius 3 is 2.35 bits per heavy atom. The third kappa shape index (κ3) is 2.14. The fourth-order valence-corrected chi connectivity index (χ4v) is 3.44. The molecule has 0 radical (unpaired) electrons. The van der Waals surface area contributed by atoms with Crippen molar-refractivity contribution in [2.75, 3.05) is 19.0 Å². The number of benzene rings is 3. The van der Waals surface area contributed by atoms with Crippen LogP contribution in [0.5, 0.6) is 0 Å². The highest BCUT2D eigenvalue weighted by molar-refractivity contribution is 6.22. The van der Waals surface area contributed by atoms with Crippen molar-refractivity contribution in [3.63, 3.8) is 0 Å². The van der Waals surface area contributed by atoms with Crippen molar-refractivity contribution < 1.29 is 14.7 Å². The van der Waals surface area contributed by atoms with Gasteiger partial charge in [-0.3, -0.25) is 4.79 Å². The van der Waals surface area contributed by atoms with E-state index in [9.17, 15) is 14.7 Å². The highest BCUT2D eigenvalue weighted by Gasteiger charge is 2.53. The smallest absolute Gasteiger partial charge is 0.330 e. The SMILES string of the molecule is CN(C)C(=O)N1C(=O)C(O)(c2ccc3ccccc3c2)c2ccccc21. The number of carbonyl (C=O) groups excluding carboxylic acids is 2. The van der Waals surface area contributed by atoms with Gasteiger partial charge < -0.3 is 10.0 Å². The van der Waals surface area contributed by atoms with Crippen LogP contribution >= 0.6 is 0 Å². The maximum atomic E-state index is 13.2. The second kappa shape index (κ2) is 5.68. The lowest BCUT2D eigenvalue weighted by Crippen LogP contribution is -2.47. The van der Waals surface area contributed by atoms with Gasteiger partial charge in [0.2, 0.25) is 0 Å². The number of carbonyl (C=O) groups is 2. The molecule has 3 aromatic carbocycles. The van der Waals surface area contributed by atoms with E-state index in [0.717, 1.165) is 15.7 Å². The van der Waals surface area contributed by atoms with E-state index >= 15 is 0 Å². The Kier molecular flexibility index (Phi) is 3.56. The first-order valence-electron chi connectivity index (χ1n) is 8.31. The second-order valence-electron chi connectivity index (χ2n) is 6.61. The summed E-state index contributed by atoms with van der Waals surface area (Å²) in [4.78, 5) is 28.1. The van der Waals surface area contributed by atoms with Gasteiger partial charge in [0.05, 0.1) is 5.69 Å². The van der Waals surface area contributed by atoms with Crippen LogP contribution in [0.3, 0.4) is 0 Å². The van der Waals surface area contributed by atoms with Gasteiger partial charge in [0, 0.05) is 19.7 Å². The van der Waals surface area contributed by atoms with Crippen molar-refractivity contribution in [2.45, 2.75) is 5.60 Å². The molecule has 1 aliphatic heterocycles. The van der Waals surface area contributed by atoms with Crippen molar-refractivity contribution in [1.29, 1.82) is 0 Å². The van der Waals surface area contributed by atoms with Gasteiger partial charge in [-0.2, -0.15) is 0 Å². The number of nitrogens with zero attached hydrogens (tertiary/aromatic N) is 2. The van der Waals surface area contributed by atoms with Crippen LogP contribution in [0.15, 0.2) is 66.7 Å². The minimum absolute atomic E-state index is 0.409. The molecule has 5 heteroatoms. The molecule has 0 fully saturated rings. The van der Waals surface area contributed by atoms with E-state index in [4.69, 9.17) is 0 Å². The molecule has 0 saturated carbocycles. The fourth-order valence-electron chi connectivity index (χ4n) is 3.44. The van der Waals surface area contributed by atoms with Gasteiger partial charge in [-0.25, -0.2) is 9.69 Å². The van der Waals surface area contributed by atoms with Crippen molar-refractivity contribution in [3.8, 4) is 0 Å². The number of fused-ring (bicyclic) bond motifs is 2. The molecule has 4 rings (SSSR count). The third-order valence-electron chi connectivity index (χ3n) is 4.79. The predicted octanol–water partition coefficient (Wildman–Crippen LogP) is 3.10. The van der Waals surface area contributed by atoms with Gasteiger partial charge in [-0.1, -0.05) is 54.6 Å². The summed E-state index contributed by atoms with van der Waals surface area (Å²) in [5.74, 6) is -0.660. The maximum Gasteiger partial charge on any atom is 0.330 e. The van der Waals surface area contributed by atoms with Gasteiger partial charge >= 0.3 is 6.03 Å². The Morgan fingerprint density at radius 2 is 1.62 bits per heavy atom. The van der Waals surface area contributed by atoms with Gasteiger partial charge in [0.15, 0.2) is 5.60 Å². The normalized spacial score (nSPS) is 18.9. The minimum atomic E-state index is -1.90. The summed E-state index contributed by atoms with van der Waals surface area (Å²) in [5, 5.41) is 13.4.